The van der Waals surface area contributed by atoms with Crippen LogP contribution in [-0.2, 0) is 0 Å². The van der Waals surface area contributed by atoms with Gasteiger partial charge in [0.25, 0.3) is 0 Å². The van der Waals surface area contributed by atoms with Gasteiger partial charge in [-0.05, 0) is 46.7 Å². The summed E-state index contributed by atoms with van der Waals surface area (Å²) in [7, 11) is 4.25. The van der Waals surface area contributed by atoms with E-state index < -0.39 is 0 Å². The lowest BCUT2D eigenvalue weighted by Crippen LogP contribution is -2.41. The first-order valence-corrected chi connectivity index (χ1v) is 5.00. The fourth-order valence-electron chi connectivity index (χ4n) is 1.78. The van der Waals surface area contributed by atoms with E-state index in [0.29, 0.717) is 6.04 Å². The average Bonchev–Trinajstić information content (AvgIpc) is 2.63. The first-order chi connectivity index (χ1) is 5.59. The Kier molecular flexibility index (Phi) is 3.53. The van der Waals surface area contributed by atoms with Crippen LogP contribution in [0.4, 0.5) is 0 Å². The molecule has 1 saturated carbocycles. The largest absolute Gasteiger partial charge is 0.310 e. The molecule has 0 aromatic carbocycles. The Morgan fingerprint density at radius 3 is 2.33 bits per heavy atom. The fraction of sp³-hybridized carbons (Fsp3) is 1.00. The lowest BCUT2D eigenvalue weighted by atomic mass is 10.2. The molecule has 1 rings (SSSR count). The second-order valence-electron chi connectivity index (χ2n) is 4.46. The van der Waals surface area contributed by atoms with Crippen LogP contribution in [0.2, 0.25) is 0 Å². The van der Waals surface area contributed by atoms with E-state index in [2.05, 4.69) is 38.2 Å². The van der Waals surface area contributed by atoms with Gasteiger partial charge in [-0.3, -0.25) is 0 Å². The third-order valence-corrected chi connectivity index (χ3v) is 2.52. The number of nitrogens with zero attached hydrogens (tertiary/aromatic N) is 1. The minimum absolute atomic E-state index is 0.621. The Balaban J connectivity index is 2.11. The Bertz CT molecular complexity index is 130. The molecule has 0 aromatic rings. The van der Waals surface area contributed by atoms with Gasteiger partial charge < -0.3 is 10.2 Å². The van der Waals surface area contributed by atoms with Crippen LogP contribution in [-0.4, -0.2) is 37.6 Å². The van der Waals surface area contributed by atoms with Crippen molar-refractivity contribution in [2.75, 3.05) is 20.6 Å². The molecule has 0 saturated heterocycles. The molecule has 2 heteroatoms. The summed E-state index contributed by atoms with van der Waals surface area (Å²) in [5, 5.41) is 3.63. The van der Waals surface area contributed by atoms with Crippen molar-refractivity contribution in [2.24, 2.45) is 5.92 Å². The summed E-state index contributed by atoms with van der Waals surface area (Å²) in [5.41, 5.74) is 0. The van der Waals surface area contributed by atoms with Crippen molar-refractivity contribution in [1.29, 1.82) is 0 Å². The Morgan fingerprint density at radius 1 is 1.33 bits per heavy atom. The maximum Gasteiger partial charge on any atom is 0.0169 e. The first kappa shape index (κ1) is 10.0. The van der Waals surface area contributed by atoms with Gasteiger partial charge in [0.2, 0.25) is 0 Å². The molecule has 0 radical (unpaired) electrons. The van der Waals surface area contributed by atoms with Crippen molar-refractivity contribution in [1.82, 2.24) is 10.2 Å². The molecule has 2 atom stereocenters. The van der Waals surface area contributed by atoms with Crippen LogP contribution in [0.5, 0.6) is 0 Å². The van der Waals surface area contributed by atoms with Gasteiger partial charge in [0, 0.05) is 18.6 Å². The minimum atomic E-state index is 0.621. The highest BCUT2D eigenvalue weighted by Crippen LogP contribution is 2.32. The highest BCUT2D eigenvalue weighted by atomic mass is 15.1. The third kappa shape index (κ3) is 3.55. The van der Waals surface area contributed by atoms with E-state index in [9.17, 15) is 0 Å². The summed E-state index contributed by atoms with van der Waals surface area (Å²) in [4.78, 5) is 2.23. The van der Waals surface area contributed by atoms with Crippen LogP contribution in [0.3, 0.4) is 0 Å². The predicted octanol–water partition coefficient (Wildman–Crippen LogP) is 1.32. The van der Waals surface area contributed by atoms with Crippen molar-refractivity contribution >= 4 is 0 Å². The third-order valence-electron chi connectivity index (χ3n) is 2.52. The molecule has 1 aliphatic carbocycles. The van der Waals surface area contributed by atoms with Gasteiger partial charge in [0.1, 0.15) is 0 Å². The van der Waals surface area contributed by atoms with Crippen LogP contribution in [0.15, 0.2) is 0 Å². The Labute approximate surface area is 76.3 Å². The molecule has 0 aliphatic heterocycles. The molecular weight excluding hydrogens is 148 g/mol. The molecule has 1 N–H and O–H groups in total. The standard InChI is InChI=1S/C10H22N2/c1-8(7-12(3)4)11-9(2)10-5-6-10/h8-11H,5-7H2,1-4H3. The van der Waals surface area contributed by atoms with E-state index in [0.717, 1.165) is 18.5 Å². The number of hydrogen-bond donors (Lipinski definition) is 1. The summed E-state index contributed by atoms with van der Waals surface area (Å²) in [5.74, 6) is 0.967. The van der Waals surface area contributed by atoms with Crippen molar-refractivity contribution in [3.8, 4) is 0 Å². The summed E-state index contributed by atoms with van der Waals surface area (Å²) in [6.45, 7) is 5.71. The maximum absolute atomic E-state index is 3.63. The van der Waals surface area contributed by atoms with Crippen LogP contribution in [0.1, 0.15) is 26.7 Å². The van der Waals surface area contributed by atoms with Crippen LogP contribution < -0.4 is 5.32 Å². The first-order valence-electron chi connectivity index (χ1n) is 5.00. The minimum Gasteiger partial charge on any atom is -0.310 e. The van der Waals surface area contributed by atoms with Gasteiger partial charge in [-0.1, -0.05) is 0 Å². The van der Waals surface area contributed by atoms with E-state index in [4.69, 9.17) is 0 Å². The molecular formula is C10H22N2. The van der Waals surface area contributed by atoms with Crippen LogP contribution >= 0.6 is 0 Å². The number of nitrogens with one attached hydrogen (secondary N) is 1. The normalized spacial score (nSPS) is 22.8. The van der Waals surface area contributed by atoms with E-state index >= 15 is 0 Å². The van der Waals surface area contributed by atoms with Gasteiger partial charge in [-0.2, -0.15) is 0 Å². The number of rotatable bonds is 5. The highest BCUT2D eigenvalue weighted by molar-refractivity contribution is 4.84. The molecule has 0 aromatic heterocycles. The monoisotopic (exact) mass is 170 g/mol. The van der Waals surface area contributed by atoms with E-state index in [1.807, 2.05) is 0 Å². The van der Waals surface area contributed by atoms with Gasteiger partial charge in [-0.25, -0.2) is 0 Å². The quantitative estimate of drug-likeness (QED) is 0.669. The second-order valence-corrected chi connectivity index (χ2v) is 4.46. The van der Waals surface area contributed by atoms with E-state index in [1.54, 1.807) is 0 Å². The second kappa shape index (κ2) is 4.24. The summed E-state index contributed by atoms with van der Waals surface area (Å²) in [6.07, 6.45) is 2.87. The highest BCUT2D eigenvalue weighted by Gasteiger charge is 2.28. The summed E-state index contributed by atoms with van der Waals surface area (Å²) < 4.78 is 0. The molecule has 0 heterocycles. The van der Waals surface area contributed by atoms with Crippen molar-refractivity contribution < 1.29 is 0 Å². The summed E-state index contributed by atoms with van der Waals surface area (Å²) in [6, 6.07) is 1.34. The molecule has 72 valence electrons. The van der Waals surface area contributed by atoms with Crippen LogP contribution in [0.25, 0.3) is 0 Å². The number of hydrogen-bond acceptors (Lipinski definition) is 2. The molecule has 2 nitrogen and oxygen atoms in total. The maximum atomic E-state index is 3.63. The van der Waals surface area contributed by atoms with E-state index in [-0.39, 0.29) is 0 Å². The zero-order valence-electron chi connectivity index (χ0n) is 8.80. The lowest BCUT2D eigenvalue weighted by molar-refractivity contribution is 0.324. The molecule has 0 spiro atoms. The zero-order chi connectivity index (χ0) is 9.14. The average molecular weight is 170 g/mol. The lowest BCUT2D eigenvalue weighted by Gasteiger charge is -2.22. The molecule has 1 fully saturated rings. The Hall–Kier alpha value is -0.0800. The van der Waals surface area contributed by atoms with Gasteiger partial charge >= 0.3 is 0 Å². The van der Waals surface area contributed by atoms with Gasteiger partial charge in [0.15, 0.2) is 0 Å². The van der Waals surface area contributed by atoms with Gasteiger partial charge in [-0.15, -0.1) is 0 Å². The Morgan fingerprint density at radius 2 is 1.92 bits per heavy atom. The van der Waals surface area contributed by atoms with Crippen molar-refractivity contribution in [2.45, 2.75) is 38.8 Å². The topological polar surface area (TPSA) is 15.3 Å². The molecule has 2 unspecified atom stereocenters. The summed E-state index contributed by atoms with van der Waals surface area (Å²) >= 11 is 0. The van der Waals surface area contributed by atoms with Crippen molar-refractivity contribution in [3.63, 3.8) is 0 Å². The predicted molar refractivity (Wildman–Crippen MR) is 53.3 cm³/mol. The van der Waals surface area contributed by atoms with Gasteiger partial charge in [0.05, 0.1) is 0 Å². The fourth-order valence-corrected chi connectivity index (χ4v) is 1.78. The van der Waals surface area contributed by atoms with E-state index in [1.165, 1.54) is 12.8 Å². The molecule has 1 aliphatic rings. The SMILES string of the molecule is CC(CN(C)C)NC(C)C1CC1. The molecule has 0 amide bonds. The van der Waals surface area contributed by atoms with Crippen LogP contribution in [0, 0.1) is 5.92 Å². The van der Waals surface area contributed by atoms with Crippen molar-refractivity contribution in [3.05, 3.63) is 0 Å². The smallest absolute Gasteiger partial charge is 0.0169 e. The zero-order valence-corrected chi connectivity index (χ0v) is 8.80. The molecule has 0 bridgehead atoms. The number of likely N-dealkylation sites (N-methyl/N-ethyl adjacent to an activating group) is 1. The molecule has 12 heavy (non-hydrogen) atoms.